The number of benzene rings is 3. The second kappa shape index (κ2) is 8.48. The van der Waals surface area contributed by atoms with Gasteiger partial charge in [-0.2, -0.15) is 0 Å². The van der Waals surface area contributed by atoms with Gasteiger partial charge < -0.3 is 14.4 Å². The summed E-state index contributed by atoms with van der Waals surface area (Å²) in [5.41, 5.74) is 2.85. The summed E-state index contributed by atoms with van der Waals surface area (Å²) in [6, 6.07) is 23.1. The SMILES string of the molecule is O=C(c1ccc(OCCOc2ccccc2)c(Br)c1)N1CCc2ccccc21. The zero-order valence-electron chi connectivity index (χ0n) is 15.3. The molecule has 0 aliphatic carbocycles. The molecule has 0 spiro atoms. The number of hydrogen-bond acceptors (Lipinski definition) is 3. The summed E-state index contributed by atoms with van der Waals surface area (Å²) >= 11 is 3.52. The molecule has 1 aliphatic heterocycles. The van der Waals surface area contributed by atoms with Crippen molar-refractivity contribution in [3.8, 4) is 11.5 Å². The molecule has 3 aromatic rings. The van der Waals surface area contributed by atoms with Crippen LogP contribution in [-0.4, -0.2) is 25.7 Å². The lowest BCUT2D eigenvalue weighted by atomic mass is 10.1. The van der Waals surface area contributed by atoms with Crippen LogP contribution in [0.15, 0.2) is 77.3 Å². The van der Waals surface area contributed by atoms with Crippen molar-refractivity contribution in [3.05, 3.63) is 88.4 Å². The molecule has 0 radical (unpaired) electrons. The smallest absolute Gasteiger partial charge is 0.258 e. The lowest BCUT2D eigenvalue weighted by Gasteiger charge is -2.18. The predicted molar refractivity (Wildman–Crippen MR) is 113 cm³/mol. The van der Waals surface area contributed by atoms with Crippen LogP contribution in [-0.2, 0) is 6.42 Å². The highest BCUT2D eigenvalue weighted by Crippen LogP contribution is 2.31. The van der Waals surface area contributed by atoms with Crippen LogP contribution in [0.1, 0.15) is 15.9 Å². The molecule has 4 nitrogen and oxygen atoms in total. The first-order chi connectivity index (χ1) is 13.7. The first-order valence-electron chi connectivity index (χ1n) is 9.22. The molecule has 0 fully saturated rings. The minimum Gasteiger partial charge on any atom is -0.490 e. The minimum atomic E-state index is 0.00427. The third kappa shape index (κ3) is 4.04. The van der Waals surface area contributed by atoms with Crippen LogP contribution in [0.5, 0.6) is 11.5 Å². The van der Waals surface area contributed by atoms with Crippen LogP contribution in [0, 0.1) is 0 Å². The van der Waals surface area contributed by atoms with Gasteiger partial charge in [0.2, 0.25) is 0 Å². The van der Waals surface area contributed by atoms with Gasteiger partial charge in [0.25, 0.3) is 5.91 Å². The maximum atomic E-state index is 12.9. The molecule has 0 saturated carbocycles. The van der Waals surface area contributed by atoms with Gasteiger partial charge in [-0.1, -0.05) is 36.4 Å². The summed E-state index contributed by atoms with van der Waals surface area (Å²) in [4.78, 5) is 14.8. The first kappa shape index (κ1) is 18.6. The molecule has 28 heavy (non-hydrogen) atoms. The monoisotopic (exact) mass is 437 g/mol. The molecule has 0 bridgehead atoms. The van der Waals surface area contributed by atoms with Crippen molar-refractivity contribution in [2.75, 3.05) is 24.7 Å². The Hall–Kier alpha value is -2.79. The van der Waals surface area contributed by atoms with E-state index >= 15 is 0 Å². The molecule has 1 amide bonds. The van der Waals surface area contributed by atoms with Gasteiger partial charge >= 0.3 is 0 Å². The second-order valence-electron chi connectivity index (χ2n) is 6.49. The molecule has 1 heterocycles. The van der Waals surface area contributed by atoms with E-state index in [4.69, 9.17) is 9.47 Å². The standard InChI is InChI=1S/C23H20BrNO3/c24-20-16-18(23(26)25-13-12-17-6-4-5-9-21(17)25)10-11-22(20)28-15-14-27-19-7-2-1-3-8-19/h1-11,16H,12-15H2. The van der Waals surface area contributed by atoms with Gasteiger partial charge in [-0.3, -0.25) is 4.79 Å². The maximum Gasteiger partial charge on any atom is 0.258 e. The van der Waals surface area contributed by atoms with Crippen LogP contribution in [0.2, 0.25) is 0 Å². The topological polar surface area (TPSA) is 38.8 Å². The first-order valence-corrected chi connectivity index (χ1v) is 10.0. The maximum absolute atomic E-state index is 12.9. The summed E-state index contributed by atoms with van der Waals surface area (Å²) in [7, 11) is 0. The normalized spacial score (nSPS) is 12.5. The number of halogens is 1. The number of fused-ring (bicyclic) bond motifs is 1. The van der Waals surface area contributed by atoms with Crippen LogP contribution in [0.3, 0.4) is 0 Å². The molecule has 142 valence electrons. The highest BCUT2D eigenvalue weighted by molar-refractivity contribution is 9.10. The fourth-order valence-corrected chi connectivity index (χ4v) is 3.78. The Balaban J connectivity index is 1.37. The van der Waals surface area contributed by atoms with Gasteiger partial charge in [0.05, 0.1) is 4.47 Å². The van der Waals surface area contributed by atoms with Crippen LogP contribution in [0.4, 0.5) is 5.69 Å². The van der Waals surface area contributed by atoms with E-state index in [0.717, 1.165) is 22.3 Å². The van der Waals surface area contributed by atoms with E-state index in [0.29, 0.717) is 31.1 Å². The molecule has 3 aromatic carbocycles. The van der Waals surface area contributed by atoms with E-state index < -0.39 is 0 Å². The van der Waals surface area contributed by atoms with Crippen molar-refractivity contribution in [3.63, 3.8) is 0 Å². The highest BCUT2D eigenvalue weighted by Gasteiger charge is 2.25. The number of hydrogen-bond donors (Lipinski definition) is 0. The number of ether oxygens (including phenoxy) is 2. The van der Waals surface area contributed by atoms with Gasteiger partial charge in [0.1, 0.15) is 24.7 Å². The van der Waals surface area contributed by atoms with E-state index in [1.807, 2.05) is 65.6 Å². The second-order valence-corrected chi connectivity index (χ2v) is 7.35. The quantitative estimate of drug-likeness (QED) is 0.502. The van der Waals surface area contributed by atoms with Crippen LogP contribution >= 0.6 is 15.9 Å². The van der Waals surface area contributed by atoms with Gasteiger partial charge in [0, 0.05) is 17.8 Å². The zero-order chi connectivity index (χ0) is 19.3. The molecular weight excluding hydrogens is 418 g/mol. The Morgan fingerprint density at radius 2 is 1.68 bits per heavy atom. The van der Waals surface area contributed by atoms with Crippen molar-refractivity contribution >= 4 is 27.5 Å². The van der Waals surface area contributed by atoms with Gasteiger partial charge in [-0.15, -0.1) is 0 Å². The van der Waals surface area contributed by atoms with E-state index in [9.17, 15) is 4.79 Å². The summed E-state index contributed by atoms with van der Waals surface area (Å²) < 4.78 is 12.2. The third-order valence-corrected chi connectivity index (χ3v) is 5.28. The Labute approximate surface area is 172 Å². The number of amides is 1. The number of carbonyl (C=O) groups is 1. The Bertz CT molecular complexity index is 975. The van der Waals surface area contributed by atoms with E-state index in [1.54, 1.807) is 6.07 Å². The molecule has 0 unspecified atom stereocenters. The third-order valence-electron chi connectivity index (χ3n) is 4.66. The molecule has 5 heteroatoms. The number of nitrogens with zero attached hydrogens (tertiary/aromatic N) is 1. The summed E-state index contributed by atoms with van der Waals surface area (Å²) in [5, 5.41) is 0. The average Bonchev–Trinajstić information content (AvgIpc) is 3.16. The van der Waals surface area contributed by atoms with Crippen molar-refractivity contribution in [1.29, 1.82) is 0 Å². The predicted octanol–water partition coefficient (Wildman–Crippen LogP) is 5.11. The van der Waals surface area contributed by atoms with Crippen LogP contribution < -0.4 is 14.4 Å². The van der Waals surface area contributed by atoms with Gasteiger partial charge in [-0.25, -0.2) is 0 Å². The van der Waals surface area contributed by atoms with E-state index in [-0.39, 0.29) is 5.91 Å². The highest BCUT2D eigenvalue weighted by atomic mass is 79.9. The summed E-state index contributed by atoms with van der Waals surface area (Å²) in [5.74, 6) is 1.51. The average molecular weight is 438 g/mol. The Kier molecular flexibility index (Phi) is 5.63. The molecule has 1 aliphatic rings. The fraction of sp³-hybridized carbons (Fsp3) is 0.174. The van der Waals surface area contributed by atoms with Gasteiger partial charge in [0.15, 0.2) is 0 Å². The van der Waals surface area contributed by atoms with Crippen molar-refractivity contribution in [2.24, 2.45) is 0 Å². The Morgan fingerprint density at radius 3 is 2.50 bits per heavy atom. The summed E-state index contributed by atoms with van der Waals surface area (Å²) in [6.45, 7) is 1.58. The van der Waals surface area contributed by atoms with E-state index in [1.165, 1.54) is 5.56 Å². The molecular formula is C23H20BrNO3. The number of rotatable bonds is 6. The van der Waals surface area contributed by atoms with Crippen LogP contribution in [0.25, 0.3) is 0 Å². The number of anilines is 1. The molecule has 0 saturated heterocycles. The molecule has 0 N–H and O–H groups in total. The summed E-state index contributed by atoms with van der Waals surface area (Å²) in [6.07, 6.45) is 0.895. The largest absolute Gasteiger partial charge is 0.490 e. The van der Waals surface area contributed by atoms with Crippen molar-refractivity contribution in [1.82, 2.24) is 0 Å². The van der Waals surface area contributed by atoms with E-state index in [2.05, 4.69) is 22.0 Å². The Morgan fingerprint density at radius 1 is 0.929 bits per heavy atom. The van der Waals surface area contributed by atoms with Crippen molar-refractivity contribution < 1.29 is 14.3 Å². The molecule has 4 rings (SSSR count). The van der Waals surface area contributed by atoms with Crippen molar-refractivity contribution in [2.45, 2.75) is 6.42 Å². The lowest BCUT2D eigenvalue weighted by Crippen LogP contribution is -2.28. The van der Waals surface area contributed by atoms with Gasteiger partial charge in [-0.05, 0) is 64.3 Å². The fourth-order valence-electron chi connectivity index (χ4n) is 3.28. The molecule has 0 atom stereocenters. The molecule has 0 aromatic heterocycles. The number of carbonyl (C=O) groups excluding carboxylic acids is 1. The number of para-hydroxylation sites is 2. The minimum absolute atomic E-state index is 0.00427. The zero-order valence-corrected chi connectivity index (χ0v) is 16.9. The lowest BCUT2D eigenvalue weighted by molar-refractivity contribution is 0.0989.